The van der Waals surface area contributed by atoms with Crippen molar-refractivity contribution < 1.29 is 9.90 Å². The van der Waals surface area contributed by atoms with E-state index in [1.165, 1.54) is 0 Å². The van der Waals surface area contributed by atoms with E-state index >= 15 is 0 Å². The first kappa shape index (κ1) is 19.3. The molecule has 34 heavy (non-hydrogen) atoms. The lowest BCUT2D eigenvalue weighted by Crippen LogP contribution is -2.30. The predicted molar refractivity (Wildman–Crippen MR) is 126 cm³/mol. The number of aliphatic hydroxyl groups is 1. The van der Waals surface area contributed by atoms with Crippen LogP contribution in [0.5, 0.6) is 0 Å². The summed E-state index contributed by atoms with van der Waals surface area (Å²) in [6, 6.07) is 18.1. The highest BCUT2D eigenvalue weighted by molar-refractivity contribution is 6.00. The molecule has 0 spiro atoms. The topological polar surface area (TPSA) is 87.1 Å². The van der Waals surface area contributed by atoms with Crippen LogP contribution >= 0.6 is 0 Å². The van der Waals surface area contributed by atoms with Gasteiger partial charge in [0.25, 0.3) is 0 Å². The van der Waals surface area contributed by atoms with Crippen LogP contribution in [-0.4, -0.2) is 38.3 Å². The zero-order chi connectivity index (χ0) is 23.0. The number of aromatic nitrogens is 3. The molecule has 1 amide bonds. The normalized spacial score (nSPS) is 21.8. The van der Waals surface area contributed by atoms with Crippen molar-refractivity contribution in [2.75, 3.05) is 18.1 Å². The van der Waals surface area contributed by atoms with Gasteiger partial charge in [-0.25, -0.2) is 4.98 Å². The van der Waals surface area contributed by atoms with Gasteiger partial charge < -0.3 is 14.6 Å². The molecule has 2 fully saturated rings. The molecular weight excluding hydrogens is 426 g/mol. The zero-order valence-corrected chi connectivity index (χ0v) is 18.3. The van der Waals surface area contributed by atoms with Gasteiger partial charge in [0.1, 0.15) is 0 Å². The summed E-state index contributed by atoms with van der Waals surface area (Å²) in [5.41, 5.74) is 6.87. The summed E-state index contributed by atoms with van der Waals surface area (Å²) in [4.78, 5) is 19.4. The molecule has 1 aliphatic carbocycles. The molecular formula is C27H21N5O2. The number of anilines is 1. The number of hydrogen-bond donors (Lipinski definition) is 1. The Labute approximate surface area is 196 Å². The van der Waals surface area contributed by atoms with Gasteiger partial charge in [0, 0.05) is 55.5 Å². The van der Waals surface area contributed by atoms with E-state index in [0.29, 0.717) is 18.7 Å². The minimum atomic E-state index is -0.0184. The standard InChI is InChI=1S/C27H21N5O2/c28-11-16-1-3-17(4-2-16)18-10-24-26-29-7-8-31(26)23-6-5-20(9-19(23)13-30(24)12-18)32-14-21-22(15-33)25(21)27(32)34/h1-10,12,21-22,25,33H,13-15H2/t21-,22+,25-/m0/s1. The smallest absolute Gasteiger partial charge is 0.230 e. The van der Waals surface area contributed by atoms with Gasteiger partial charge in [0.05, 0.1) is 23.0 Å². The molecule has 4 heterocycles. The molecule has 2 aromatic carbocycles. The third-order valence-corrected chi connectivity index (χ3v) is 7.58. The summed E-state index contributed by atoms with van der Waals surface area (Å²) < 4.78 is 4.30. The van der Waals surface area contributed by atoms with Crippen LogP contribution in [0.1, 0.15) is 11.1 Å². The fourth-order valence-corrected chi connectivity index (χ4v) is 5.72. The van der Waals surface area contributed by atoms with Crippen molar-refractivity contribution in [3.63, 3.8) is 0 Å². The van der Waals surface area contributed by atoms with Crippen LogP contribution < -0.4 is 4.90 Å². The van der Waals surface area contributed by atoms with Crippen LogP contribution in [0.25, 0.3) is 28.3 Å². The molecule has 3 atom stereocenters. The Hall–Kier alpha value is -4.15. The van der Waals surface area contributed by atoms with Crippen molar-refractivity contribution in [3.8, 4) is 34.4 Å². The minimum absolute atomic E-state index is 0.0184. The number of fused-ring (bicyclic) bond motifs is 6. The highest BCUT2D eigenvalue weighted by Crippen LogP contribution is 2.53. The Morgan fingerprint density at radius 2 is 1.97 bits per heavy atom. The number of imidazole rings is 1. The number of carbonyl (C=O) groups is 1. The number of aliphatic hydroxyl groups excluding tert-OH is 1. The second kappa shape index (κ2) is 6.92. The van der Waals surface area contributed by atoms with Gasteiger partial charge in [0.15, 0.2) is 5.82 Å². The van der Waals surface area contributed by atoms with E-state index in [1.54, 1.807) is 0 Å². The number of rotatable bonds is 3. The molecule has 4 aromatic rings. The molecule has 0 unspecified atom stereocenters. The van der Waals surface area contributed by atoms with E-state index in [0.717, 1.165) is 39.6 Å². The van der Waals surface area contributed by atoms with Gasteiger partial charge in [-0.1, -0.05) is 12.1 Å². The summed E-state index contributed by atoms with van der Waals surface area (Å²) in [5, 5.41) is 18.6. The van der Waals surface area contributed by atoms with Crippen LogP contribution in [0.3, 0.4) is 0 Å². The first-order valence-corrected chi connectivity index (χ1v) is 11.5. The van der Waals surface area contributed by atoms with Crippen LogP contribution in [0, 0.1) is 29.1 Å². The van der Waals surface area contributed by atoms with Crippen LogP contribution in [0.2, 0.25) is 0 Å². The monoisotopic (exact) mass is 447 g/mol. The quantitative estimate of drug-likeness (QED) is 0.459. The first-order valence-electron chi connectivity index (χ1n) is 11.5. The number of hydrogen-bond acceptors (Lipinski definition) is 4. The lowest BCUT2D eigenvalue weighted by molar-refractivity contribution is -0.119. The molecule has 1 saturated carbocycles. The van der Waals surface area contributed by atoms with Crippen molar-refractivity contribution in [2.24, 2.45) is 17.8 Å². The minimum Gasteiger partial charge on any atom is -0.396 e. The molecule has 2 aromatic heterocycles. The summed E-state index contributed by atoms with van der Waals surface area (Å²) in [5.74, 6) is 1.40. The second-order valence-corrected chi connectivity index (χ2v) is 9.35. The number of nitriles is 1. The van der Waals surface area contributed by atoms with Crippen molar-refractivity contribution in [1.29, 1.82) is 5.26 Å². The Balaban J connectivity index is 1.28. The predicted octanol–water partition coefficient (Wildman–Crippen LogP) is 3.44. The third kappa shape index (κ3) is 2.66. The molecule has 7 nitrogen and oxygen atoms in total. The van der Waals surface area contributed by atoms with Gasteiger partial charge in [-0.15, -0.1) is 0 Å². The van der Waals surface area contributed by atoms with Gasteiger partial charge in [0.2, 0.25) is 5.91 Å². The molecule has 1 N–H and O–H groups in total. The number of piperidine rings is 1. The van der Waals surface area contributed by atoms with E-state index in [2.05, 4.69) is 44.6 Å². The summed E-state index contributed by atoms with van der Waals surface area (Å²) in [7, 11) is 0. The lowest BCUT2D eigenvalue weighted by Gasteiger charge is -2.21. The van der Waals surface area contributed by atoms with Gasteiger partial charge in [-0.2, -0.15) is 5.26 Å². The highest BCUT2D eigenvalue weighted by Gasteiger charge is 2.61. The van der Waals surface area contributed by atoms with Crippen LogP contribution in [-0.2, 0) is 11.3 Å². The molecule has 3 aliphatic rings. The van der Waals surface area contributed by atoms with Crippen molar-refractivity contribution in [3.05, 3.63) is 78.2 Å². The largest absolute Gasteiger partial charge is 0.396 e. The average molecular weight is 447 g/mol. The van der Waals surface area contributed by atoms with Gasteiger partial charge >= 0.3 is 0 Å². The molecule has 7 heteroatoms. The van der Waals surface area contributed by atoms with E-state index in [1.807, 2.05) is 47.6 Å². The van der Waals surface area contributed by atoms with E-state index < -0.39 is 0 Å². The summed E-state index contributed by atoms with van der Waals surface area (Å²) >= 11 is 0. The number of nitrogens with zero attached hydrogens (tertiary/aromatic N) is 5. The highest BCUT2D eigenvalue weighted by atomic mass is 16.3. The Morgan fingerprint density at radius 3 is 2.71 bits per heavy atom. The molecule has 0 radical (unpaired) electrons. The number of benzene rings is 2. The SMILES string of the molecule is N#Cc1ccc(-c2cc3n(c2)Cc2cc(N4C[C@H]5[C@@H](CO)[C@H]5C4=O)ccc2-n2ccnc2-3)cc1. The first-order chi connectivity index (χ1) is 16.7. The maximum atomic E-state index is 12.9. The van der Waals surface area contributed by atoms with E-state index in [4.69, 9.17) is 5.26 Å². The van der Waals surface area contributed by atoms with Crippen molar-refractivity contribution >= 4 is 11.6 Å². The van der Waals surface area contributed by atoms with Crippen LogP contribution in [0.4, 0.5) is 5.69 Å². The lowest BCUT2D eigenvalue weighted by atomic mass is 10.1. The van der Waals surface area contributed by atoms with E-state index in [9.17, 15) is 9.90 Å². The number of carbonyl (C=O) groups excluding carboxylic acids is 1. The van der Waals surface area contributed by atoms with Gasteiger partial charge in [-0.3, -0.25) is 9.36 Å². The molecule has 2 aliphatic heterocycles. The molecule has 166 valence electrons. The fraction of sp³-hybridized carbons (Fsp3) is 0.222. The Bertz CT molecular complexity index is 1510. The fourth-order valence-electron chi connectivity index (χ4n) is 5.72. The number of amides is 1. The second-order valence-electron chi connectivity index (χ2n) is 9.35. The zero-order valence-electron chi connectivity index (χ0n) is 18.3. The van der Waals surface area contributed by atoms with Crippen molar-refractivity contribution in [2.45, 2.75) is 6.54 Å². The maximum absolute atomic E-state index is 12.9. The molecule has 0 bridgehead atoms. The summed E-state index contributed by atoms with van der Waals surface area (Å²) in [6.45, 7) is 1.44. The molecule has 7 rings (SSSR count). The molecule has 1 saturated heterocycles. The average Bonchev–Trinajstić information content (AvgIpc) is 3.15. The van der Waals surface area contributed by atoms with Crippen molar-refractivity contribution in [1.82, 2.24) is 14.1 Å². The summed E-state index contributed by atoms with van der Waals surface area (Å²) in [6.07, 6.45) is 5.91. The van der Waals surface area contributed by atoms with E-state index in [-0.39, 0.29) is 30.3 Å². The Morgan fingerprint density at radius 1 is 1.12 bits per heavy atom. The van der Waals surface area contributed by atoms with Gasteiger partial charge in [-0.05, 0) is 59.4 Å². The van der Waals surface area contributed by atoms with Crippen LogP contribution in [0.15, 0.2) is 67.1 Å². The Kier molecular flexibility index (Phi) is 3.94. The third-order valence-electron chi connectivity index (χ3n) is 7.58. The maximum Gasteiger partial charge on any atom is 0.230 e.